The molecule has 0 unspecified atom stereocenters. The smallest absolute Gasteiger partial charge is 0.142 e. The van der Waals surface area contributed by atoms with E-state index in [1.54, 1.807) is 12.4 Å². The van der Waals surface area contributed by atoms with Gasteiger partial charge in [-0.1, -0.05) is 48.4 Å². The van der Waals surface area contributed by atoms with E-state index < -0.39 is 0 Å². The number of pyridine rings is 1. The number of aromatic nitrogens is 1. The first-order valence-corrected chi connectivity index (χ1v) is 20.8. The molecule has 296 valence electrons. The van der Waals surface area contributed by atoms with Crippen molar-refractivity contribution in [3.05, 3.63) is 105 Å². The molecule has 0 saturated carbocycles. The summed E-state index contributed by atoms with van der Waals surface area (Å²) in [7, 11) is 0. The molecule has 0 atom stereocenters. The number of hydrogen-bond acceptors (Lipinski definition) is 9. The van der Waals surface area contributed by atoms with Gasteiger partial charge in [0.05, 0.1) is 30.4 Å². The fourth-order valence-corrected chi connectivity index (χ4v) is 8.60. The van der Waals surface area contributed by atoms with Crippen LogP contribution in [-0.4, -0.2) is 91.4 Å². The van der Waals surface area contributed by atoms with Gasteiger partial charge in [0.15, 0.2) is 0 Å². The molecular weight excluding hydrogens is 722 g/mol. The van der Waals surface area contributed by atoms with E-state index in [1.165, 1.54) is 32.1 Å². The number of piperidine rings is 2. The van der Waals surface area contributed by atoms with Gasteiger partial charge in [0.2, 0.25) is 0 Å². The molecule has 0 N–H and O–H groups in total. The van der Waals surface area contributed by atoms with Crippen LogP contribution in [0.3, 0.4) is 0 Å². The van der Waals surface area contributed by atoms with Crippen LogP contribution in [0.5, 0.6) is 17.2 Å². The highest BCUT2D eigenvalue weighted by molar-refractivity contribution is 6.32. The minimum atomic E-state index is 0.286. The highest BCUT2D eigenvalue weighted by atomic mass is 35.5. The summed E-state index contributed by atoms with van der Waals surface area (Å²) < 4.78 is 24.8. The van der Waals surface area contributed by atoms with Crippen LogP contribution in [0.2, 0.25) is 5.02 Å². The van der Waals surface area contributed by atoms with Crippen LogP contribution in [0.4, 0.5) is 0 Å². The van der Waals surface area contributed by atoms with Crippen LogP contribution in [-0.2, 0) is 24.5 Å². The van der Waals surface area contributed by atoms with Crippen molar-refractivity contribution in [3.63, 3.8) is 0 Å². The first kappa shape index (κ1) is 40.0. The molecule has 0 bridgehead atoms. The highest BCUT2D eigenvalue weighted by Gasteiger charge is 2.26. The molecule has 0 radical (unpaired) electrons. The van der Waals surface area contributed by atoms with Gasteiger partial charge in [-0.25, -0.2) is 0 Å². The quantitative estimate of drug-likeness (QED) is 0.110. The van der Waals surface area contributed by atoms with Crippen LogP contribution < -0.4 is 14.2 Å². The van der Waals surface area contributed by atoms with E-state index in [0.29, 0.717) is 35.6 Å². The van der Waals surface area contributed by atoms with Crippen LogP contribution in [0, 0.1) is 25.2 Å². The number of nitriles is 1. The Hall–Kier alpha value is -4.17. The van der Waals surface area contributed by atoms with Crippen LogP contribution >= 0.6 is 11.6 Å². The van der Waals surface area contributed by atoms with E-state index in [1.807, 2.05) is 18.2 Å². The Kier molecular flexibility index (Phi) is 14.2. The Balaban J connectivity index is 0.979. The fraction of sp³-hybridized carbons (Fsp3) is 0.478. The number of ether oxygens (including phenoxy) is 4. The molecule has 7 rings (SSSR count). The van der Waals surface area contributed by atoms with Crippen LogP contribution in [0.25, 0.3) is 11.1 Å². The summed E-state index contributed by atoms with van der Waals surface area (Å²) in [6.07, 6.45) is 10.5. The minimum Gasteiger partial charge on any atom is -0.493 e. The SMILES string of the molecule is Cc1c(COc2cc(OCc3cncc(C#N)c3)c(CN3CCCCC3)cc2Cl)cccc1-c1cccc(OCCCN2CCC(N3CCOCC3)CC2)c1C. The number of halogens is 1. The normalized spacial score (nSPS) is 17.4. The number of likely N-dealkylation sites (tertiary alicyclic amines) is 2. The predicted molar refractivity (Wildman–Crippen MR) is 222 cm³/mol. The monoisotopic (exact) mass is 777 g/mol. The third-order valence-corrected chi connectivity index (χ3v) is 12.0. The van der Waals surface area contributed by atoms with Crippen LogP contribution in [0.1, 0.15) is 71.9 Å². The summed E-state index contributed by atoms with van der Waals surface area (Å²) in [5.41, 5.74) is 8.08. The third-order valence-electron chi connectivity index (χ3n) is 11.7. The Bertz CT molecular complexity index is 1950. The maximum atomic E-state index is 9.35. The topological polar surface area (TPSA) is 83.3 Å². The summed E-state index contributed by atoms with van der Waals surface area (Å²) in [5.74, 6) is 2.24. The number of morpholine rings is 1. The minimum absolute atomic E-state index is 0.286. The van der Waals surface area contributed by atoms with Gasteiger partial charge in [-0.3, -0.25) is 14.8 Å². The zero-order valence-electron chi connectivity index (χ0n) is 33.1. The molecule has 0 amide bonds. The highest BCUT2D eigenvalue weighted by Crippen LogP contribution is 2.37. The average molecular weight is 778 g/mol. The van der Waals surface area contributed by atoms with Gasteiger partial charge in [0.25, 0.3) is 0 Å². The molecule has 0 spiro atoms. The van der Waals surface area contributed by atoms with E-state index in [-0.39, 0.29) is 6.61 Å². The predicted octanol–water partition coefficient (Wildman–Crippen LogP) is 8.60. The fourth-order valence-electron chi connectivity index (χ4n) is 8.36. The Labute approximate surface area is 338 Å². The first-order chi connectivity index (χ1) is 27.4. The second-order valence-corrected chi connectivity index (χ2v) is 15.8. The summed E-state index contributed by atoms with van der Waals surface area (Å²) in [6, 6.07) is 21.3. The number of hydrogen-bond donors (Lipinski definition) is 0. The summed E-state index contributed by atoms with van der Waals surface area (Å²) >= 11 is 6.91. The largest absolute Gasteiger partial charge is 0.493 e. The number of nitrogens with zero attached hydrogens (tertiary/aromatic N) is 5. The van der Waals surface area contributed by atoms with E-state index >= 15 is 0 Å². The molecule has 4 heterocycles. The lowest BCUT2D eigenvalue weighted by molar-refractivity contribution is 0.000617. The Morgan fingerprint density at radius 1 is 0.768 bits per heavy atom. The van der Waals surface area contributed by atoms with Crippen molar-refractivity contribution in [3.8, 4) is 34.4 Å². The van der Waals surface area contributed by atoms with Gasteiger partial charge in [-0.05, 0) is 118 Å². The van der Waals surface area contributed by atoms with E-state index in [2.05, 4.69) is 76.0 Å². The molecule has 3 saturated heterocycles. The molecule has 1 aromatic heterocycles. The average Bonchev–Trinajstić information content (AvgIpc) is 3.24. The van der Waals surface area contributed by atoms with Gasteiger partial charge in [-0.15, -0.1) is 0 Å². The zero-order valence-corrected chi connectivity index (χ0v) is 33.9. The van der Waals surface area contributed by atoms with E-state index in [4.69, 9.17) is 30.5 Å². The molecule has 9 nitrogen and oxygen atoms in total. The van der Waals surface area contributed by atoms with Gasteiger partial charge < -0.3 is 23.8 Å². The number of rotatable bonds is 15. The molecule has 3 aromatic carbocycles. The molecule has 3 aliphatic heterocycles. The first-order valence-electron chi connectivity index (χ1n) is 20.4. The second kappa shape index (κ2) is 19.8. The summed E-state index contributed by atoms with van der Waals surface area (Å²) in [6.45, 7) is 15.8. The van der Waals surface area contributed by atoms with Crippen molar-refractivity contribution in [2.45, 2.75) is 78.2 Å². The van der Waals surface area contributed by atoms with E-state index in [9.17, 15) is 5.26 Å². The standard InChI is InChI=1S/C46H56ClN5O4/c1-34-38(33-56-46-27-45(55-32-37-25-36(28-48)29-49-30-37)39(26-43(46)47)31-51-15-4-3-5-16-51)9-6-10-41(34)42-11-7-12-44(35(42)2)54-22-8-17-50-18-13-40(14-19-50)52-20-23-53-24-21-52/h6-7,9-12,25-27,29-30,40H,3-5,8,13-24,31-33H2,1-2H3. The van der Waals surface area contributed by atoms with Gasteiger partial charge in [-0.2, -0.15) is 5.26 Å². The Morgan fingerprint density at radius 2 is 1.52 bits per heavy atom. The molecule has 4 aromatic rings. The lowest BCUT2D eigenvalue weighted by Gasteiger charge is -2.40. The van der Waals surface area contributed by atoms with Gasteiger partial charge >= 0.3 is 0 Å². The van der Waals surface area contributed by atoms with Crippen LogP contribution in [0.15, 0.2) is 67.0 Å². The Morgan fingerprint density at radius 3 is 2.30 bits per heavy atom. The van der Waals surface area contributed by atoms with E-state index in [0.717, 1.165) is 122 Å². The van der Waals surface area contributed by atoms with Crippen molar-refractivity contribution in [2.24, 2.45) is 0 Å². The lowest BCUT2D eigenvalue weighted by Crippen LogP contribution is -2.49. The molecule has 0 aliphatic carbocycles. The molecule has 3 fully saturated rings. The van der Waals surface area contributed by atoms with Crippen molar-refractivity contribution >= 4 is 11.6 Å². The van der Waals surface area contributed by atoms with Crippen molar-refractivity contribution in [2.75, 3.05) is 65.6 Å². The maximum Gasteiger partial charge on any atom is 0.142 e. The third kappa shape index (κ3) is 10.4. The van der Waals surface area contributed by atoms with Gasteiger partial charge in [0.1, 0.15) is 36.5 Å². The summed E-state index contributed by atoms with van der Waals surface area (Å²) in [4.78, 5) is 11.9. The molecule has 10 heteroatoms. The maximum absolute atomic E-state index is 9.35. The van der Waals surface area contributed by atoms with Crippen molar-refractivity contribution in [1.29, 1.82) is 5.26 Å². The van der Waals surface area contributed by atoms with Gasteiger partial charge in [0, 0.05) is 61.8 Å². The second-order valence-electron chi connectivity index (χ2n) is 15.4. The molecule has 3 aliphatic rings. The van der Waals surface area contributed by atoms with Crippen molar-refractivity contribution in [1.82, 2.24) is 19.7 Å². The molecular formula is C46H56ClN5O4. The summed E-state index contributed by atoms with van der Waals surface area (Å²) in [5, 5.41) is 9.91. The molecule has 56 heavy (non-hydrogen) atoms. The van der Waals surface area contributed by atoms with Crippen molar-refractivity contribution < 1.29 is 18.9 Å². The lowest BCUT2D eigenvalue weighted by atomic mass is 9.93. The number of benzene rings is 3. The zero-order chi connectivity index (χ0) is 38.7.